The van der Waals surface area contributed by atoms with Gasteiger partial charge in [0.2, 0.25) is 0 Å². The van der Waals surface area contributed by atoms with Gasteiger partial charge in [0, 0.05) is 0 Å². The summed E-state index contributed by atoms with van der Waals surface area (Å²) in [6, 6.07) is 7.38. The van der Waals surface area contributed by atoms with Crippen LogP contribution in [0.4, 0.5) is 0 Å². The number of aliphatic carboxylic acids is 1. The largest absolute Gasteiger partial charge is 0.480 e. The van der Waals surface area contributed by atoms with Crippen molar-refractivity contribution < 1.29 is 9.90 Å². The molecular formula is C17H26N2O2. The van der Waals surface area contributed by atoms with Crippen molar-refractivity contribution in [2.24, 2.45) is 5.73 Å². The summed E-state index contributed by atoms with van der Waals surface area (Å²) >= 11 is 0. The quantitative estimate of drug-likeness (QED) is 0.806. The molecule has 0 aliphatic carbocycles. The summed E-state index contributed by atoms with van der Waals surface area (Å²) < 4.78 is 0. The highest BCUT2D eigenvalue weighted by atomic mass is 16.4. The van der Waals surface area contributed by atoms with E-state index in [0.717, 1.165) is 12.0 Å². The molecule has 4 nitrogen and oxygen atoms in total. The maximum Gasteiger partial charge on any atom is 0.320 e. The number of aryl methyl sites for hydroxylation is 1. The molecule has 0 aromatic heterocycles. The van der Waals surface area contributed by atoms with Crippen LogP contribution in [-0.2, 0) is 17.6 Å². The van der Waals surface area contributed by atoms with E-state index in [2.05, 4.69) is 17.0 Å². The first-order chi connectivity index (χ1) is 10.1. The van der Waals surface area contributed by atoms with Gasteiger partial charge in [0.1, 0.15) is 6.04 Å². The van der Waals surface area contributed by atoms with E-state index in [1.54, 1.807) is 0 Å². The van der Waals surface area contributed by atoms with Gasteiger partial charge in [-0.05, 0) is 62.9 Å². The fraction of sp³-hybridized carbons (Fsp3) is 0.588. The smallest absolute Gasteiger partial charge is 0.320 e. The number of carboxylic acids is 1. The van der Waals surface area contributed by atoms with E-state index >= 15 is 0 Å². The van der Waals surface area contributed by atoms with Crippen LogP contribution in [-0.4, -0.2) is 41.7 Å². The fourth-order valence-electron chi connectivity index (χ4n) is 2.87. The van der Waals surface area contributed by atoms with Crippen molar-refractivity contribution in [2.75, 3.05) is 19.6 Å². The van der Waals surface area contributed by atoms with E-state index in [0.29, 0.717) is 6.42 Å². The van der Waals surface area contributed by atoms with Crippen molar-refractivity contribution in [1.82, 2.24) is 4.90 Å². The summed E-state index contributed by atoms with van der Waals surface area (Å²) in [7, 11) is 0. The molecular weight excluding hydrogens is 264 g/mol. The predicted molar refractivity (Wildman–Crippen MR) is 84.4 cm³/mol. The van der Waals surface area contributed by atoms with E-state index in [1.165, 1.54) is 50.9 Å². The molecule has 1 fully saturated rings. The zero-order valence-corrected chi connectivity index (χ0v) is 12.6. The molecule has 0 unspecified atom stereocenters. The Bertz CT molecular complexity index is 439. The lowest BCUT2D eigenvalue weighted by Gasteiger charge is -2.26. The molecule has 116 valence electrons. The maximum absolute atomic E-state index is 10.7. The van der Waals surface area contributed by atoms with Crippen LogP contribution in [0, 0.1) is 0 Å². The highest BCUT2D eigenvalue weighted by molar-refractivity contribution is 5.73. The first kappa shape index (κ1) is 16.0. The Kier molecular flexibility index (Phi) is 6.21. The second-order valence-corrected chi connectivity index (χ2v) is 5.97. The van der Waals surface area contributed by atoms with E-state index in [4.69, 9.17) is 10.8 Å². The Balaban J connectivity index is 1.73. The number of hydrogen-bond donors (Lipinski definition) is 2. The van der Waals surface area contributed by atoms with Crippen LogP contribution in [0.1, 0.15) is 36.8 Å². The second-order valence-electron chi connectivity index (χ2n) is 5.97. The number of nitrogens with zero attached hydrogens (tertiary/aromatic N) is 1. The van der Waals surface area contributed by atoms with E-state index in [-0.39, 0.29) is 0 Å². The molecule has 1 saturated heterocycles. The Labute approximate surface area is 126 Å². The van der Waals surface area contributed by atoms with E-state index < -0.39 is 12.0 Å². The monoisotopic (exact) mass is 290 g/mol. The average Bonchev–Trinajstić information content (AvgIpc) is 2.50. The van der Waals surface area contributed by atoms with Crippen molar-refractivity contribution in [3.63, 3.8) is 0 Å². The van der Waals surface area contributed by atoms with Gasteiger partial charge in [-0.15, -0.1) is 0 Å². The average molecular weight is 290 g/mol. The molecule has 21 heavy (non-hydrogen) atoms. The number of carboxylic acid groups (broad SMARTS) is 1. The normalized spacial score (nSPS) is 17.6. The predicted octanol–water partition coefficient (Wildman–Crippen LogP) is 2.06. The SMILES string of the molecule is N[C@H](Cc1ccc(CCCN2CCCCC2)cc1)C(=O)O. The third-order valence-electron chi connectivity index (χ3n) is 4.18. The van der Waals surface area contributed by atoms with Gasteiger partial charge >= 0.3 is 5.97 Å². The minimum absolute atomic E-state index is 0.392. The van der Waals surface area contributed by atoms with Gasteiger partial charge < -0.3 is 15.7 Å². The van der Waals surface area contributed by atoms with Crippen molar-refractivity contribution in [1.29, 1.82) is 0 Å². The topological polar surface area (TPSA) is 66.6 Å². The molecule has 1 aliphatic rings. The van der Waals surface area contributed by atoms with Gasteiger partial charge in [0.15, 0.2) is 0 Å². The van der Waals surface area contributed by atoms with Crippen molar-refractivity contribution in [2.45, 2.75) is 44.6 Å². The number of nitrogens with two attached hydrogens (primary N) is 1. The molecule has 4 heteroatoms. The van der Waals surface area contributed by atoms with Crippen molar-refractivity contribution in [3.05, 3.63) is 35.4 Å². The first-order valence-electron chi connectivity index (χ1n) is 7.94. The van der Waals surface area contributed by atoms with Crippen LogP contribution in [0.3, 0.4) is 0 Å². The van der Waals surface area contributed by atoms with Crippen LogP contribution in [0.2, 0.25) is 0 Å². The van der Waals surface area contributed by atoms with Gasteiger partial charge in [-0.1, -0.05) is 30.7 Å². The molecule has 0 spiro atoms. The van der Waals surface area contributed by atoms with E-state index in [9.17, 15) is 4.79 Å². The van der Waals surface area contributed by atoms with Crippen molar-refractivity contribution in [3.8, 4) is 0 Å². The van der Waals surface area contributed by atoms with Crippen LogP contribution < -0.4 is 5.73 Å². The standard InChI is InChI=1S/C17H26N2O2/c18-16(17(20)21)13-15-8-6-14(7-9-15)5-4-12-19-10-2-1-3-11-19/h6-9,16H,1-5,10-13,18H2,(H,20,21)/t16-/m1/s1. The molecule has 2 rings (SSSR count). The molecule has 3 N–H and O–H groups in total. The lowest BCUT2D eigenvalue weighted by atomic mass is 10.0. The highest BCUT2D eigenvalue weighted by Gasteiger charge is 2.12. The molecule has 0 amide bonds. The lowest BCUT2D eigenvalue weighted by molar-refractivity contribution is -0.138. The summed E-state index contributed by atoms with van der Waals surface area (Å²) in [5.74, 6) is -0.944. The number of hydrogen-bond acceptors (Lipinski definition) is 3. The number of likely N-dealkylation sites (tertiary alicyclic amines) is 1. The zero-order chi connectivity index (χ0) is 15.1. The molecule has 0 saturated carbocycles. The first-order valence-corrected chi connectivity index (χ1v) is 7.94. The summed E-state index contributed by atoms with van der Waals surface area (Å²) in [6.45, 7) is 3.70. The molecule has 1 heterocycles. The second kappa shape index (κ2) is 8.15. The van der Waals surface area contributed by atoms with Crippen LogP contribution in [0.5, 0.6) is 0 Å². The lowest BCUT2D eigenvalue weighted by Crippen LogP contribution is -2.32. The third kappa shape index (κ3) is 5.48. The molecule has 0 radical (unpaired) electrons. The van der Waals surface area contributed by atoms with Crippen LogP contribution >= 0.6 is 0 Å². The summed E-state index contributed by atoms with van der Waals surface area (Å²) in [5, 5.41) is 8.81. The molecule has 1 aliphatic heterocycles. The number of carbonyl (C=O) groups is 1. The van der Waals surface area contributed by atoms with Gasteiger partial charge in [0.05, 0.1) is 0 Å². The summed E-state index contributed by atoms with van der Waals surface area (Å²) in [5.41, 5.74) is 7.85. The molecule has 1 aromatic rings. The fourth-order valence-corrected chi connectivity index (χ4v) is 2.87. The Morgan fingerprint density at radius 1 is 1.14 bits per heavy atom. The zero-order valence-electron chi connectivity index (χ0n) is 12.6. The molecule has 1 atom stereocenters. The van der Waals surface area contributed by atoms with Crippen LogP contribution in [0.25, 0.3) is 0 Å². The van der Waals surface area contributed by atoms with Crippen molar-refractivity contribution >= 4 is 5.97 Å². The Morgan fingerprint density at radius 2 is 1.76 bits per heavy atom. The van der Waals surface area contributed by atoms with Gasteiger partial charge in [0.25, 0.3) is 0 Å². The Morgan fingerprint density at radius 3 is 2.38 bits per heavy atom. The maximum atomic E-state index is 10.7. The number of piperidine rings is 1. The number of rotatable bonds is 7. The Hall–Kier alpha value is -1.39. The minimum atomic E-state index is -0.944. The summed E-state index contributed by atoms with van der Waals surface area (Å²) in [6.07, 6.45) is 6.74. The van der Waals surface area contributed by atoms with Crippen LogP contribution in [0.15, 0.2) is 24.3 Å². The highest BCUT2D eigenvalue weighted by Crippen LogP contribution is 2.12. The molecule has 1 aromatic carbocycles. The molecule has 0 bridgehead atoms. The third-order valence-corrected chi connectivity index (χ3v) is 4.18. The van der Waals surface area contributed by atoms with Gasteiger partial charge in [-0.25, -0.2) is 0 Å². The van der Waals surface area contributed by atoms with Gasteiger partial charge in [-0.3, -0.25) is 4.79 Å². The minimum Gasteiger partial charge on any atom is -0.480 e. The summed E-state index contributed by atoms with van der Waals surface area (Å²) in [4.78, 5) is 13.3. The van der Waals surface area contributed by atoms with E-state index in [1.807, 2.05) is 12.1 Å². The van der Waals surface area contributed by atoms with Gasteiger partial charge in [-0.2, -0.15) is 0 Å². The number of benzene rings is 1.